The normalized spacial score (nSPS) is 12.5. The third-order valence-corrected chi connectivity index (χ3v) is 2.55. The van der Waals surface area contributed by atoms with Gasteiger partial charge in [-0.15, -0.1) is 0 Å². The Hall–Kier alpha value is -0.830. The molecule has 0 spiro atoms. The zero-order chi connectivity index (χ0) is 9.84. The van der Waals surface area contributed by atoms with E-state index in [0.29, 0.717) is 0 Å². The molecule has 0 heterocycles. The molecule has 1 unspecified atom stereocenters. The molecule has 2 N–H and O–H groups in total. The number of carbonyl (C=O) groups excluding carboxylic acids is 1. The summed E-state index contributed by atoms with van der Waals surface area (Å²) < 4.78 is 1.01. The first-order valence-corrected chi connectivity index (χ1v) is 4.99. The van der Waals surface area contributed by atoms with Crippen molar-refractivity contribution in [2.75, 3.05) is 0 Å². The molecule has 70 valence electrons. The molecule has 1 amide bonds. The first-order valence-electron chi connectivity index (χ1n) is 4.20. The van der Waals surface area contributed by atoms with E-state index in [-0.39, 0.29) is 11.8 Å². The zero-order valence-electron chi connectivity index (χ0n) is 7.46. The molecular formula is C10H12BrNO. The van der Waals surface area contributed by atoms with Gasteiger partial charge in [-0.3, -0.25) is 4.79 Å². The molecule has 1 aromatic rings. The Kier molecular flexibility index (Phi) is 3.48. The van der Waals surface area contributed by atoms with E-state index >= 15 is 0 Å². The molecule has 0 saturated carbocycles. The standard InChI is InChI=1S/C10H12BrNO/c1-2-9(10(12)13)7-3-5-8(11)6-4-7/h3-6,9H,2H2,1H3,(H2,12,13). The second kappa shape index (κ2) is 4.42. The van der Waals surface area contributed by atoms with E-state index in [9.17, 15) is 4.79 Å². The highest BCUT2D eigenvalue weighted by molar-refractivity contribution is 9.10. The number of halogens is 1. The second-order valence-electron chi connectivity index (χ2n) is 2.91. The molecule has 13 heavy (non-hydrogen) atoms. The van der Waals surface area contributed by atoms with Crippen LogP contribution in [-0.4, -0.2) is 5.91 Å². The fourth-order valence-corrected chi connectivity index (χ4v) is 1.56. The lowest BCUT2D eigenvalue weighted by Gasteiger charge is -2.10. The van der Waals surface area contributed by atoms with Gasteiger partial charge < -0.3 is 5.73 Å². The number of rotatable bonds is 3. The van der Waals surface area contributed by atoms with Crippen molar-refractivity contribution in [2.45, 2.75) is 19.3 Å². The smallest absolute Gasteiger partial charge is 0.224 e. The highest BCUT2D eigenvalue weighted by atomic mass is 79.9. The van der Waals surface area contributed by atoms with Gasteiger partial charge in [0.05, 0.1) is 5.92 Å². The Labute approximate surface area is 86.3 Å². The van der Waals surface area contributed by atoms with E-state index in [2.05, 4.69) is 15.9 Å². The molecule has 0 fully saturated rings. The van der Waals surface area contributed by atoms with E-state index < -0.39 is 0 Å². The minimum Gasteiger partial charge on any atom is -0.369 e. The molecule has 0 aliphatic carbocycles. The second-order valence-corrected chi connectivity index (χ2v) is 3.83. The van der Waals surface area contributed by atoms with Gasteiger partial charge in [0.2, 0.25) is 5.91 Å². The highest BCUT2D eigenvalue weighted by Gasteiger charge is 2.14. The van der Waals surface area contributed by atoms with Crippen LogP contribution in [0, 0.1) is 0 Å². The summed E-state index contributed by atoms with van der Waals surface area (Å²) in [7, 11) is 0. The molecule has 0 aromatic heterocycles. The number of benzene rings is 1. The summed E-state index contributed by atoms with van der Waals surface area (Å²) in [6.45, 7) is 1.96. The van der Waals surface area contributed by atoms with Crippen LogP contribution >= 0.6 is 15.9 Å². The first-order chi connectivity index (χ1) is 6.15. The van der Waals surface area contributed by atoms with Crippen molar-refractivity contribution in [3.05, 3.63) is 34.3 Å². The van der Waals surface area contributed by atoms with Crippen LogP contribution in [0.3, 0.4) is 0 Å². The molecule has 1 rings (SSSR count). The number of nitrogens with two attached hydrogens (primary N) is 1. The molecule has 3 heteroatoms. The Morgan fingerprint density at radius 1 is 1.46 bits per heavy atom. The Bertz CT molecular complexity index is 294. The van der Waals surface area contributed by atoms with Gasteiger partial charge in [0.15, 0.2) is 0 Å². The number of carbonyl (C=O) groups is 1. The van der Waals surface area contributed by atoms with E-state index in [1.54, 1.807) is 0 Å². The van der Waals surface area contributed by atoms with Crippen molar-refractivity contribution in [3.63, 3.8) is 0 Å². The van der Waals surface area contributed by atoms with Gasteiger partial charge in [-0.05, 0) is 24.1 Å². The van der Waals surface area contributed by atoms with Crippen molar-refractivity contribution in [1.29, 1.82) is 0 Å². The monoisotopic (exact) mass is 241 g/mol. The van der Waals surface area contributed by atoms with Gasteiger partial charge in [0.1, 0.15) is 0 Å². The van der Waals surface area contributed by atoms with Gasteiger partial charge in [-0.2, -0.15) is 0 Å². The minimum atomic E-state index is -0.259. The SMILES string of the molecule is CCC(C(N)=O)c1ccc(Br)cc1. The summed E-state index contributed by atoms with van der Waals surface area (Å²) in [5, 5.41) is 0. The molecular weight excluding hydrogens is 230 g/mol. The molecule has 0 aliphatic rings. The van der Waals surface area contributed by atoms with Crippen LogP contribution in [0.5, 0.6) is 0 Å². The number of primary amides is 1. The third-order valence-electron chi connectivity index (χ3n) is 2.02. The van der Waals surface area contributed by atoms with Crippen LogP contribution in [0.4, 0.5) is 0 Å². The van der Waals surface area contributed by atoms with E-state index in [4.69, 9.17) is 5.73 Å². The van der Waals surface area contributed by atoms with Gasteiger partial charge in [-0.1, -0.05) is 35.0 Å². The minimum absolute atomic E-state index is 0.159. The Balaban J connectivity index is 2.92. The van der Waals surface area contributed by atoms with Crippen molar-refractivity contribution in [2.24, 2.45) is 5.73 Å². The largest absolute Gasteiger partial charge is 0.369 e. The van der Waals surface area contributed by atoms with Crippen LogP contribution < -0.4 is 5.73 Å². The summed E-state index contributed by atoms with van der Waals surface area (Å²) in [6, 6.07) is 7.67. The van der Waals surface area contributed by atoms with Crippen LogP contribution in [0.25, 0.3) is 0 Å². The topological polar surface area (TPSA) is 43.1 Å². The fourth-order valence-electron chi connectivity index (χ4n) is 1.30. The maximum atomic E-state index is 11.0. The maximum Gasteiger partial charge on any atom is 0.224 e. The van der Waals surface area contributed by atoms with Gasteiger partial charge >= 0.3 is 0 Å². The van der Waals surface area contributed by atoms with Gasteiger partial charge in [-0.25, -0.2) is 0 Å². The summed E-state index contributed by atoms with van der Waals surface area (Å²) in [5.74, 6) is -0.419. The lowest BCUT2D eigenvalue weighted by Crippen LogP contribution is -2.20. The van der Waals surface area contributed by atoms with Crippen molar-refractivity contribution in [1.82, 2.24) is 0 Å². The summed E-state index contributed by atoms with van der Waals surface area (Å²) in [6.07, 6.45) is 0.747. The summed E-state index contributed by atoms with van der Waals surface area (Å²) in [4.78, 5) is 11.0. The zero-order valence-corrected chi connectivity index (χ0v) is 9.04. The van der Waals surface area contributed by atoms with E-state index in [1.807, 2.05) is 31.2 Å². The Morgan fingerprint density at radius 2 is 2.00 bits per heavy atom. The van der Waals surface area contributed by atoms with Crippen LogP contribution in [0.1, 0.15) is 24.8 Å². The molecule has 2 nitrogen and oxygen atoms in total. The molecule has 1 atom stereocenters. The fraction of sp³-hybridized carbons (Fsp3) is 0.300. The predicted octanol–water partition coefficient (Wildman–Crippen LogP) is 2.43. The van der Waals surface area contributed by atoms with Crippen molar-refractivity contribution >= 4 is 21.8 Å². The van der Waals surface area contributed by atoms with Crippen molar-refractivity contribution in [3.8, 4) is 0 Å². The highest BCUT2D eigenvalue weighted by Crippen LogP contribution is 2.20. The van der Waals surface area contributed by atoms with E-state index in [0.717, 1.165) is 16.5 Å². The summed E-state index contributed by atoms with van der Waals surface area (Å²) >= 11 is 3.34. The van der Waals surface area contributed by atoms with E-state index in [1.165, 1.54) is 0 Å². The molecule has 1 aromatic carbocycles. The Morgan fingerprint density at radius 3 is 2.38 bits per heavy atom. The summed E-state index contributed by atoms with van der Waals surface area (Å²) in [5.41, 5.74) is 6.25. The van der Waals surface area contributed by atoms with Gasteiger partial charge in [0, 0.05) is 4.47 Å². The molecule has 0 bridgehead atoms. The van der Waals surface area contributed by atoms with Gasteiger partial charge in [0.25, 0.3) is 0 Å². The van der Waals surface area contributed by atoms with Crippen LogP contribution in [0.2, 0.25) is 0 Å². The third kappa shape index (κ3) is 2.56. The molecule has 0 saturated heterocycles. The predicted molar refractivity (Wildman–Crippen MR) is 56.4 cm³/mol. The lowest BCUT2D eigenvalue weighted by atomic mass is 9.96. The number of hydrogen-bond donors (Lipinski definition) is 1. The number of hydrogen-bond acceptors (Lipinski definition) is 1. The van der Waals surface area contributed by atoms with Crippen LogP contribution in [-0.2, 0) is 4.79 Å². The maximum absolute atomic E-state index is 11.0. The van der Waals surface area contributed by atoms with Crippen molar-refractivity contribution < 1.29 is 4.79 Å². The first kappa shape index (κ1) is 10.3. The molecule has 0 radical (unpaired) electrons. The lowest BCUT2D eigenvalue weighted by molar-refractivity contribution is -0.119. The number of amides is 1. The average Bonchev–Trinajstić information content (AvgIpc) is 2.09. The van der Waals surface area contributed by atoms with Crippen LogP contribution in [0.15, 0.2) is 28.7 Å². The quantitative estimate of drug-likeness (QED) is 0.868. The average molecular weight is 242 g/mol. The molecule has 0 aliphatic heterocycles.